The van der Waals surface area contributed by atoms with Crippen molar-refractivity contribution in [1.29, 1.82) is 0 Å². The van der Waals surface area contributed by atoms with Crippen molar-refractivity contribution in [2.24, 2.45) is 11.7 Å². The second-order valence-electron chi connectivity index (χ2n) is 3.64. The Bertz CT molecular complexity index is 328. The Kier molecular flexibility index (Phi) is 2.88. The molecular formula is C8H14NO4P. The standard InChI is InChI=1S/C8H14NO4P/c1-6-5-7(13-14(10,11)12)3-4-8(6,2)9/h3-6H,9H2,1-2H3,(H2,10,11,12). The molecular weight excluding hydrogens is 205 g/mol. The Morgan fingerprint density at radius 2 is 2.21 bits per heavy atom. The first-order valence-corrected chi connectivity index (χ1v) is 5.69. The summed E-state index contributed by atoms with van der Waals surface area (Å²) in [7, 11) is -4.46. The lowest BCUT2D eigenvalue weighted by molar-refractivity contribution is 0.243. The van der Waals surface area contributed by atoms with Gasteiger partial charge in [-0.3, -0.25) is 9.79 Å². The van der Waals surface area contributed by atoms with Crippen molar-refractivity contribution in [2.75, 3.05) is 0 Å². The highest BCUT2D eigenvalue weighted by Gasteiger charge is 2.27. The summed E-state index contributed by atoms with van der Waals surface area (Å²) in [5, 5.41) is 0. The molecule has 0 saturated heterocycles. The maximum Gasteiger partial charge on any atom is 0.524 e. The summed E-state index contributed by atoms with van der Waals surface area (Å²) < 4.78 is 15.0. The molecule has 0 aromatic rings. The lowest BCUT2D eigenvalue weighted by Gasteiger charge is -2.29. The van der Waals surface area contributed by atoms with E-state index in [1.165, 1.54) is 6.08 Å². The van der Waals surface area contributed by atoms with Crippen molar-refractivity contribution >= 4 is 7.82 Å². The largest absolute Gasteiger partial charge is 0.524 e. The molecule has 0 saturated carbocycles. The lowest BCUT2D eigenvalue weighted by atomic mass is 9.84. The normalized spacial score (nSPS) is 32.6. The van der Waals surface area contributed by atoms with Crippen LogP contribution >= 0.6 is 7.82 Å². The van der Waals surface area contributed by atoms with Crippen LogP contribution in [0.5, 0.6) is 0 Å². The smallest absolute Gasteiger partial charge is 0.405 e. The van der Waals surface area contributed by atoms with Crippen LogP contribution in [0.1, 0.15) is 13.8 Å². The highest BCUT2D eigenvalue weighted by Crippen LogP contribution is 2.40. The number of nitrogens with two attached hydrogens (primary N) is 1. The summed E-state index contributed by atoms with van der Waals surface area (Å²) >= 11 is 0. The van der Waals surface area contributed by atoms with Gasteiger partial charge < -0.3 is 10.3 Å². The summed E-state index contributed by atoms with van der Waals surface area (Å²) in [6.45, 7) is 3.69. The molecule has 6 heteroatoms. The van der Waals surface area contributed by atoms with Gasteiger partial charge in [-0.25, -0.2) is 4.57 Å². The molecule has 2 unspecified atom stereocenters. The molecule has 5 nitrogen and oxygen atoms in total. The Labute approximate surface area is 82.5 Å². The van der Waals surface area contributed by atoms with E-state index in [2.05, 4.69) is 4.52 Å². The summed E-state index contributed by atoms with van der Waals surface area (Å²) in [4.78, 5) is 17.1. The predicted molar refractivity (Wildman–Crippen MR) is 52.1 cm³/mol. The van der Waals surface area contributed by atoms with Crippen LogP contribution in [0.15, 0.2) is 24.0 Å². The van der Waals surface area contributed by atoms with Gasteiger partial charge in [0.15, 0.2) is 0 Å². The summed E-state index contributed by atoms with van der Waals surface area (Å²) in [6.07, 6.45) is 4.74. The summed E-state index contributed by atoms with van der Waals surface area (Å²) in [5.41, 5.74) is 5.37. The fourth-order valence-corrected chi connectivity index (χ4v) is 1.49. The second-order valence-corrected chi connectivity index (χ2v) is 4.80. The van der Waals surface area contributed by atoms with Gasteiger partial charge in [-0.2, -0.15) is 0 Å². The van der Waals surface area contributed by atoms with Crippen LogP contribution in [-0.2, 0) is 9.09 Å². The van der Waals surface area contributed by atoms with E-state index >= 15 is 0 Å². The Morgan fingerprint density at radius 3 is 2.64 bits per heavy atom. The van der Waals surface area contributed by atoms with Gasteiger partial charge >= 0.3 is 7.82 Å². The van der Waals surface area contributed by atoms with Crippen molar-refractivity contribution in [1.82, 2.24) is 0 Å². The average Bonchev–Trinajstić information content (AvgIpc) is 1.95. The fourth-order valence-electron chi connectivity index (χ4n) is 1.09. The molecule has 0 aromatic heterocycles. The maximum absolute atomic E-state index is 10.5. The minimum atomic E-state index is -4.46. The predicted octanol–water partition coefficient (Wildman–Crippen LogP) is 0.903. The van der Waals surface area contributed by atoms with E-state index in [-0.39, 0.29) is 11.7 Å². The lowest BCUT2D eigenvalue weighted by Crippen LogP contribution is -2.41. The molecule has 0 aliphatic heterocycles. The van der Waals surface area contributed by atoms with Gasteiger partial charge in [-0.05, 0) is 25.0 Å². The first-order valence-electron chi connectivity index (χ1n) is 4.16. The summed E-state index contributed by atoms with van der Waals surface area (Å²) in [6, 6.07) is 0. The molecule has 0 fully saturated rings. The molecule has 0 radical (unpaired) electrons. The van der Waals surface area contributed by atoms with E-state index in [0.717, 1.165) is 0 Å². The first-order chi connectivity index (χ1) is 6.21. The average molecular weight is 219 g/mol. The first kappa shape index (κ1) is 11.5. The van der Waals surface area contributed by atoms with Crippen molar-refractivity contribution in [2.45, 2.75) is 19.4 Å². The van der Waals surface area contributed by atoms with Gasteiger partial charge in [0, 0.05) is 5.54 Å². The zero-order valence-electron chi connectivity index (χ0n) is 8.04. The fraction of sp³-hybridized carbons (Fsp3) is 0.500. The zero-order chi connectivity index (χ0) is 11.0. The van der Waals surface area contributed by atoms with Gasteiger partial charge in [0.25, 0.3) is 0 Å². The third kappa shape index (κ3) is 2.96. The van der Waals surface area contributed by atoms with Crippen molar-refractivity contribution in [3.05, 3.63) is 24.0 Å². The van der Waals surface area contributed by atoms with E-state index in [1.54, 1.807) is 12.2 Å². The van der Waals surface area contributed by atoms with Crippen molar-refractivity contribution in [3.63, 3.8) is 0 Å². The van der Waals surface area contributed by atoms with Crippen molar-refractivity contribution < 1.29 is 18.9 Å². The van der Waals surface area contributed by atoms with E-state index in [1.807, 2.05) is 13.8 Å². The molecule has 14 heavy (non-hydrogen) atoms. The molecule has 4 N–H and O–H groups in total. The molecule has 0 aromatic carbocycles. The highest BCUT2D eigenvalue weighted by atomic mass is 31.2. The third-order valence-electron chi connectivity index (χ3n) is 2.23. The molecule has 0 amide bonds. The van der Waals surface area contributed by atoms with Gasteiger partial charge in [-0.1, -0.05) is 13.0 Å². The van der Waals surface area contributed by atoms with E-state index in [0.29, 0.717) is 0 Å². The third-order valence-corrected chi connectivity index (χ3v) is 2.68. The minimum absolute atomic E-state index is 0.0333. The topological polar surface area (TPSA) is 92.8 Å². The Hall–Kier alpha value is -0.610. The number of phosphoric ester groups is 1. The monoisotopic (exact) mass is 219 g/mol. The maximum atomic E-state index is 10.5. The van der Waals surface area contributed by atoms with Gasteiger partial charge in [0.05, 0.1) is 0 Å². The number of phosphoric acid groups is 1. The van der Waals surface area contributed by atoms with Gasteiger partial charge in [0.1, 0.15) is 5.76 Å². The molecule has 80 valence electrons. The molecule has 2 atom stereocenters. The van der Waals surface area contributed by atoms with Gasteiger partial charge in [0.2, 0.25) is 0 Å². The second kappa shape index (κ2) is 3.51. The number of hydrogen-bond acceptors (Lipinski definition) is 3. The van der Waals surface area contributed by atoms with Crippen molar-refractivity contribution in [3.8, 4) is 0 Å². The van der Waals surface area contributed by atoms with Crippen LogP contribution in [0.4, 0.5) is 0 Å². The minimum Gasteiger partial charge on any atom is -0.405 e. The molecule has 0 heterocycles. The van der Waals surface area contributed by atoms with Crippen LogP contribution in [0, 0.1) is 5.92 Å². The molecule has 1 aliphatic rings. The zero-order valence-corrected chi connectivity index (χ0v) is 8.94. The number of hydrogen-bond donors (Lipinski definition) is 3. The van der Waals surface area contributed by atoms with Crippen LogP contribution < -0.4 is 5.73 Å². The molecule has 1 rings (SSSR count). The molecule has 0 spiro atoms. The Balaban J connectivity index is 2.78. The van der Waals surface area contributed by atoms with E-state index in [9.17, 15) is 4.57 Å². The van der Waals surface area contributed by atoms with E-state index < -0.39 is 13.4 Å². The van der Waals surface area contributed by atoms with Gasteiger partial charge in [-0.15, -0.1) is 0 Å². The SMILES string of the molecule is CC1C=C(OP(=O)(O)O)C=CC1(C)N. The highest BCUT2D eigenvalue weighted by molar-refractivity contribution is 7.46. The number of rotatable bonds is 2. The van der Waals surface area contributed by atoms with Crippen LogP contribution in [0.2, 0.25) is 0 Å². The van der Waals surface area contributed by atoms with Crippen LogP contribution in [0.3, 0.4) is 0 Å². The Morgan fingerprint density at radius 1 is 1.64 bits per heavy atom. The van der Waals surface area contributed by atoms with Crippen LogP contribution in [-0.4, -0.2) is 15.3 Å². The molecule has 0 bridgehead atoms. The van der Waals surface area contributed by atoms with Crippen LogP contribution in [0.25, 0.3) is 0 Å². The molecule has 1 aliphatic carbocycles. The number of allylic oxidation sites excluding steroid dienone is 1. The quantitative estimate of drug-likeness (QED) is 0.600. The summed E-state index contributed by atoms with van der Waals surface area (Å²) in [5.74, 6) is 0.128. The van der Waals surface area contributed by atoms with E-state index in [4.69, 9.17) is 15.5 Å².